The maximum absolute atomic E-state index is 9.98. The standard InChI is InChI=1S/C15H18N6O5/c22-5-8-10(23)11(24)12(25)14(26-8)19-21-15-17-13-9(18-20-15)6-3-1-2-4-7(6)16-13/h1-4,8,10-12,14,19,22-25H,5H2,(H2,16,17,20,21)/t8-,10+,11+,12-,14?/m1/s1. The lowest BCUT2D eigenvalue weighted by molar-refractivity contribution is -0.235. The van der Waals surface area contributed by atoms with Gasteiger partial charge in [-0.05, 0) is 6.07 Å². The number of ether oxygens (including phenoxy) is 1. The average molecular weight is 362 g/mol. The van der Waals surface area contributed by atoms with E-state index in [4.69, 9.17) is 4.74 Å². The van der Waals surface area contributed by atoms with Crippen molar-refractivity contribution in [2.45, 2.75) is 30.6 Å². The number of para-hydroxylation sites is 1. The van der Waals surface area contributed by atoms with Gasteiger partial charge in [-0.2, -0.15) is 4.98 Å². The zero-order chi connectivity index (χ0) is 18.3. The Morgan fingerprint density at radius 2 is 1.88 bits per heavy atom. The van der Waals surface area contributed by atoms with Crippen LogP contribution >= 0.6 is 0 Å². The Labute approximate surface area is 146 Å². The summed E-state index contributed by atoms with van der Waals surface area (Å²) in [5.41, 5.74) is 7.29. The first-order chi connectivity index (χ1) is 12.6. The van der Waals surface area contributed by atoms with Gasteiger partial charge < -0.3 is 30.1 Å². The molecule has 11 nitrogen and oxygen atoms in total. The van der Waals surface area contributed by atoms with Gasteiger partial charge in [0.15, 0.2) is 11.9 Å². The van der Waals surface area contributed by atoms with Crippen LogP contribution in [0.5, 0.6) is 0 Å². The van der Waals surface area contributed by atoms with E-state index in [1.54, 1.807) is 0 Å². The van der Waals surface area contributed by atoms with Crippen LogP contribution < -0.4 is 10.9 Å². The largest absolute Gasteiger partial charge is 0.394 e. The van der Waals surface area contributed by atoms with Crippen LogP contribution in [-0.2, 0) is 4.74 Å². The molecule has 1 unspecified atom stereocenters. The zero-order valence-electron chi connectivity index (χ0n) is 13.4. The normalized spacial score (nSPS) is 29.3. The Morgan fingerprint density at radius 1 is 1.08 bits per heavy atom. The van der Waals surface area contributed by atoms with Crippen LogP contribution in [0.2, 0.25) is 0 Å². The SMILES string of the molecule is OC[C@H]1OC(NNc2nnc3c(n2)[nH]c2ccccc23)[C@H](O)[C@@H](O)[C@H]1O. The van der Waals surface area contributed by atoms with Crippen LogP contribution in [0.3, 0.4) is 0 Å². The van der Waals surface area contributed by atoms with Gasteiger partial charge in [0.05, 0.1) is 6.61 Å². The van der Waals surface area contributed by atoms with Crippen LogP contribution in [0.1, 0.15) is 0 Å². The molecule has 0 radical (unpaired) electrons. The van der Waals surface area contributed by atoms with Gasteiger partial charge in [-0.1, -0.05) is 18.2 Å². The second-order valence-corrected chi connectivity index (χ2v) is 6.02. The lowest BCUT2D eigenvalue weighted by atomic mass is 9.99. The molecule has 0 saturated carbocycles. The van der Waals surface area contributed by atoms with E-state index in [0.717, 1.165) is 10.9 Å². The van der Waals surface area contributed by atoms with Crippen molar-refractivity contribution < 1.29 is 25.2 Å². The highest BCUT2D eigenvalue weighted by molar-refractivity contribution is 6.03. The zero-order valence-corrected chi connectivity index (χ0v) is 13.4. The number of hydrogen-bond donors (Lipinski definition) is 7. The molecule has 1 aromatic carbocycles. The molecule has 4 rings (SSSR count). The Kier molecular flexibility index (Phi) is 4.40. The van der Waals surface area contributed by atoms with Crippen molar-refractivity contribution in [3.8, 4) is 0 Å². The summed E-state index contributed by atoms with van der Waals surface area (Å²) in [6.45, 7) is -0.512. The molecule has 7 N–H and O–H groups in total. The first-order valence-corrected chi connectivity index (χ1v) is 8.01. The van der Waals surface area contributed by atoms with Gasteiger partial charge in [0.2, 0.25) is 0 Å². The van der Waals surface area contributed by atoms with Gasteiger partial charge in [0.25, 0.3) is 5.95 Å². The maximum atomic E-state index is 9.98. The third-order valence-electron chi connectivity index (χ3n) is 4.34. The van der Waals surface area contributed by atoms with E-state index < -0.39 is 37.3 Å². The minimum Gasteiger partial charge on any atom is -0.394 e. The number of nitrogens with one attached hydrogen (secondary N) is 3. The summed E-state index contributed by atoms with van der Waals surface area (Å²) in [6.07, 6.45) is -6.44. The molecule has 0 aliphatic carbocycles. The molecule has 3 heterocycles. The number of aliphatic hydroxyl groups excluding tert-OH is 4. The summed E-state index contributed by atoms with van der Waals surface area (Å²) in [4.78, 5) is 7.42. The number of aromatic amines is 1. The van der Waals surface area contributed by atoms with E-state index in [1.165, 1.54) is 0 Å². The van der Waals surface area contributed by atoms with Gasteiger partial charge in [0, 0.05) is 10.9 Å². The van der Waals surface area contributed by atoms with Crippen LogP contribution in [0, 0.1) is 0 Å². The van der Waals surface area contributed by atoms with Crippen molar-refractivity contribution in [3.63, 3.8) is 0 Å². The fraction of sp³-hybridized carbons (Fsp3) is 0.400. The Bertz CT molecular complexity index is 918. The fourth-order valence-corrected chi connectivity index (χ4v) is 2.93. The monoisotopic (exact) mass is 362 g/mol. The molecule has 3 aromatic rings. The van der Waals surface area contributed by atoms with Crippen LogP contribution in [0.25, 0.3) is 22.1 Å². The molecule has 2 aromatic heterocycles. The fourth-order valence-electron chi connectivity index (χ4n) is 2.93. The molecule has 138 valence electrons. The smallest absolute Gasteiger partial charge is 0.259 e. The molecule has 0 amide bonds. The molecule has 1 aliphatic heterocycles. The van der Waals surface area contributed by atoms with Gasteiger partial charge in [-0.25, -0.2) is 5.43 Å². The molecule has 1 aliphatic rings. The number of hydrazine groups is 1. The number of nitrogens with zero attached hydrogens (tertiary/aromatic N) is 3. The summed E-state index contributed by atoms with van der Waals surface area (Å²) in [5.74, 6) is 0.112. The molecular formula is C15H18N6O5. The number of benzene rings is 1. The molecule has 5 atom stereocenters. The molecule has 0 spiro atoms. The molecule has 0 bridgehead atoms. The molecule has 26 heavy (non-hydrogen) atoms. The summed E-state index contributed by atoms with van der Waals surface area (Å²) >= 11 is 0. The van der Waals surface area contributed by atoms with Crippen molar-refractivity contribution in [1.29, 1.82) is 0 Å². The topological polar surface area (TPSA) is 169 Å². The number of H-pyrrole nitrogens is 1. The van der Waals surface area contributed by atoms with Crippen molar-refractivity contribution in [2.24, 2.45) is 0 Å². The van der Waals surface area contributed by atoms with Crippen LogP contribution in [0.15, 0.2) is 24.3 Å². The van der Waals surface area contributed by atoms with Crippen molar-refractivity contribution in [3.05, 3.63) is 24.3 Å². The van der Waals surface area contributed by atoms with Gasteiger partial charge in [-0.3, -0.25) is 5.43 Å². The third kappa shape index (κ3) is 2.86. The number of aliphatic hydroxyl groups is 4. The van der Waals surface area contributed by atoms with E-state index in [-0.39, 0.29) is 5.95 Å². The molecule has 1 saturated heterocycles. The van der Waals surface area contributed by atoms with Gasteiger partial charge >= 0.3 is 0 Å². The summed E-state index contributed by atoms with van der Waals surface area (Å²) in [5, 5.41) is 47.7. The molecule has 1 fully saturated rings. The molecular weight excluding hydrogens is 344 g/mol. The summed E-state index contributed by atoms with van der Waals surface area (Å²) < 4.78 is 5.32. The highest BCUT2D eigenvalue weighted by Crippen LogP contribution is 2.22. The Hall–Kier alpha value is -2.41. The van der Waals surface area contributed by atoms with Gasteiger partial charge in [0.1, 0.15) is 29.9 Å². The average Bonchev–Trinajstić information content (AvgIpc) is 3.03. The molecule has 11 heteroatoms. The highest BCUT2D eigenvalue weighted by Gasteiger charge is 2.43. The van der Waals surface area contributed by atoms with Gasteiger partial charge in [-0.15, -0.1) is 10.2 Å². The van der Waals surface area contributed by atoms with Crippen LogP contribution in [-0.4, -0.2) is 77.8 Å². The van der Waals surface area contributed by atoms with Crippen LogP contribution in [0.4, 0.5) is 5.95 Å². The van der Waals surface area contributed by atoms with E-state index in [2.05, 4.69) is 31.0 Å². The highest BCUT2D eigenvalue weighted by atomic mass is 16.6. The summed E-state index contributed by atoms with van der Waals surface area (Å²) in [6, 6.07) is 7.59. The second-order valence-electron chi connectivity index (χ2n) is 6.02. The Morgan fingerprint density at radius 3 is 2.69 bits per heavy atom. The van der Waals surface area contributed by atoms with Crippen molar-refractivity contribution >= 4 is 28.0 Å². The van der Waals surface area contributed by atoms with Crippen molar-refractivity contribution in [2.75, 3.05) is 12.0 Å². The maximum Gasteiger partial charge on any atom is 0.259 e. The van der Waals surface area contributed by atoms with E-state index in [0.29, 0.717) is 11.2 Å². The quantitative estimate of drug-likeness (QED) is 0.263. The third-order valence-corrected chi connectivity index (χ3v) is 4.34. The summed E-state index contributed by atoms with van der Waals surface area (Å²) in [7, 11) is 0. The Balaban J connectivity index is 1.51. The first-order valence-electron chi connectivity index (χ1n) is 8.01. The lowest BCUT2D eigenvalue weighted by Crippen LogP contribution is -2.63. The van der Waals surface area contributed by atoms with E-state index in [1.807, 2.05) is 24.3 Å². The number of anilines is 1. The number of rotatable bonds is 4. The number of hydrogen-bond acceptors (Lipinski definition) is 10. The minimum atomic E-state index is -1.48. The van der Waals surface area contributed by atoms with Crippen molar-refractivity contribution in [1.82, 2.24) is 25.6 Å². The number of aromatic nitrogens is 4. The minimum absolute atomic E-state index is 0.112. The predicted octanol–water partition coefficient (Wildman–Crippen LogP) is -1.78. The first kappa shape index (κ1) is 17.0. The predicted molar refractivity (Wildman–Crippen MR) is 89.7 cm³/mol. The van der Waals surface area contributed by atoms with E-state index in [9.17, 15) is 20.4 Å². The number of fused-ring (bicyclic) bond motifs is 3. The van der Waals surface area contributed by atoms with E-state index >= 15 is 0 Å². The lowest BCUT2D eigenvalue weighted by Gasteiger charge is -2.40. The second kappa shape index (κ2) is 6.72.